The third-order valence-electron chi connectivity index (χ3n) is 2.84. The van der Waals surface area contributed by atoms with Crippen molar-refractivity contribution in [1.29, 1.82) is 0 Å². The molecular weight excluding hydrogens is 333 g/mol. The van der Waals surface area contributed by atoms with Crippen LogP contribution in [0.1, 0.15) is 11.1 Å². The summed E-state index contributed by atoms with van der Waals surface area (Å²) in [5.74, 6) is -0.114. The lowest BCUT2D eigenvalue weighted by molar-refractivity contribution is 0.473. The van der Waals surface area contributed by atoms with E-state index in [1.807, 2.05) is 0 Å². The summed E-state index contributed by atoms with van der Waals surface area (Å²) in [5, 5.41) is 10.4. The van der Waals surface area contributed by atoms with Crippen LogP contribution >= 0.6 is 23.2 Å². The Labute approximate surface area is 133 Å². The molecule has 0 spiro atoms. The third-order valence-corrected chi connectivity index (χ3v) is 4.62. The van der Waals surface area contributed by atoms with Crippen LogP contribution in [0.25, 0.3) is 0 Å². The number of hydrogen-bond acceptors (Lipinski definition) is 3. The van der Waals surface area contributed by atoms with Crippen LogP contribution in [-0.2, 0) is 10.0 Å². The molecule has 0 aliphatic heterocycles. The number of aromatic hydroxyl groups is 1. The van der Waals surface area contributed by atoms with E-state index in [0.717, 1.165) is 5.56 Å². The second kappa shape index (κ2) is 5.75. The standard InChI is InChI=1S/C14H13Cl2NO3S/c1-8-3-9(2)14(18)13(4-8)17-21(19,20)12-6-10(15)5-11(16)7-12/h3-7,17-18H,1-2H3. The summed E-state index contributed by atoms with van der Waals surface area (Å²) < 4.78 is 27.0. The van der Waals surface area contributed by atoms with Gasteiger partial charge >= 0.3 is 0 Å². The lowest BCUT2D eigenvalue weighted by Crippen LogP contribution is -2.13. The first kappa shape index (κ1) is 15.9. The zero-order valence-electron chi connectivity index (χ0n) is 11.3. The van der Waals surface area contributed by atoms with Crippen molar-refractivity contribution in [2.75, 3.05) is 4.72 Å². The highest BCUT2D eigenvalue weighted by molar-refractivity contribution is 7.92. The van der Waals surface area contributed by atoms with Gasteiger partial charge in [0.25, 0.3) is 10.0 Å². The number of halogens is 2. The van der Waals surface area contributed by atoms with E-state index in [9.17, 15) is 13.5 Å². The number of aryl methyl sites for hydroxylation is 2. The van der Waals surface area contributed by atoms with Gasteiger partial charge in [0.05, 0.1) is 10.6 Å². The minimum absolute atomic E-state index is 0.0708. The predicted molar refractivity (Wildman–Crippen MR) is 84.9 cm³/mol. The Hall–Kier alpha value is -1.43. The van der Waals surface area contributed by atoms with Crippen LogP contribution in [0.4, 0.5) is 5.69 Å². The van der Waals surface area contributed by atoms with E-state index >= 15 is 0 Å². The molecule has 0 unspecified atom stereocenters. The molecule has 0 radical (unpaired) electrons. The highest BCUT2D eigenvalue weighted by atomic mass is 35.5. The Morgan fingerprint density at radius 3 is 2.14 bits per heavy atom. The van der Waals surface area contributed by atoms with Crippen molar-refractivity contribution < 1.29 is 13.5 Å². The summed E-state index contributed by atoms with van der Waals surface area (Å²) >= 11 is 11.6. The smallest absolute Gasteiger partial charge is 0.262 e. The monoisotopic (exact) mass is 345 g/mol. The maximum atomic E-state index is 12.3. The Morgan fingerprint density at radius 2 is 1.57 bits per heavy atom. The Balaban J connectivity index is 2.47. The number of hydrogen-bond donors (Lipinski definition) is 2. The van der Waals surface area contributed by atoms with Gasteiger partial charge in [0.15, 0.2) is 0 Å². The van der Waals surface area contributed by atoms with E-state index in [-0.39, 0.29) is 26.4 Å². The lowest BCUT2D eigenvalue weighted by Gasteiger charge is -2.12. The number of rotatable bonds is 3. The van der Waals surface area contributed by atoms with Crippen molar-refractivity contribution in [2.45, 2.75) is 18.7 Å². The first-order valence-corrected chi connectivity index (χ1v) is 8.22. The average Bonchev–Trinajstić information content (AvgIpc) is 2.33. The first-order chi connectivity index (χ1) is 9.69. The van der Waals surface area contributed by atoms with Crippen LogP contribution in [0.3, 0.4) is 0 Å². The normalized spacial score (nSPS) is 11.4. The summed E-state index contributed by atoms with van der Waals surface area (Å²) in [5.41, 5.74) is 1.52. The first-order valence-electron chi connectivity index (χ1n) is 5.98. The maximum Gasteiger partial charge on any atom is 0.262 e. The molecule has 0 amide bonds. The van der Waals surface area contributed by atoms with Crippen molar-refractivity contribution in [2.24, 2.45) is 0 Å². The molecule has 0 aliphatic rings. The van der Waals surface area contributed by atoms with E-state index in [0.29, 0.717) is 5.56 Å². The zero-order valence-corrected chi connectivity index (χ0v) is 13.6. The second-order valence-corrected chi connectivity index (χ2v) is 7.24. The summed E-state index contributed by atoms with van der Waals surface area (Å²) in [6.45, 7) is 3.50. The Kier molecular flexibility index (Phi) is 4.37. The largest absolute Gasteiger partial charge is 0.505 e. The van der Waals surface area contributed by atoms with Crippen LogP contribution in [0.15, 0.2) is 35.2 Å². The van der Waals surface area contributed by atoms with Crippen molar-refractivity contribution in [3.63, 3.8) is 0 Å². The zero-order chi connectivity index (χ0) is 15.8. The SMILES string of the molecule is Cc1cc(C)c(O)c(NS(=O)(=O)c2cc(Cl)cc(Cl)c2)c1. The molecule has 4 nitrogen and oxygen atoms in total. The summed E-state index contributed by atoms with van der Waals surface area (Å²) in [6.07, 6.45) is 0. The molecule has 2 rings (SSSR count). The average molecular weight is 346 g/mol. The van der Waals surface area contributed by atoms with Crippen LogP contribution in [0, 0.1) is 13.8 Å². The van der Waals surface area contributed by atoms with Crippen molar-refractivity contribution in [3.05, 3.63) is 51.5 Å². The topological polar surface area (TPSA) is 66.4 Å². The number of benzene rings is 2. The fourth-order valence-corrected chi connectivity index (χ4v) is 3.71. The lowest BCUT2D eigenvalue weighted by atomic mass is 10.1. The van der Waals surface area contributed by atoms with E-state index in [1.54, 1.807) is 26.0 Å². The third kappa shape index (κ3) is 3.61. The maximum absolute atomic E-state index is 12.3. The second-order valence-electron chi connectivity index (χ2n) is 4.69. The highest BCUT2D eigenvalue weighted by Gasteiger charge is 2.18. The van der Waals surface area contributed by atoms with Crippen LogP contribution in [0.2, 0.25) is 10.0 Å². The Morgan fingerprint density at radius 1 is 1.00 bits per heavy atom. The van der Waals surface area contributed by atoms with Gasteiger partial charge in [0, 0.05) is 10.0 Å². The van der Waals surface area contributed by atoms with Gasteiger partial charge in [-0.05, 0) is 49.2 Å². The van der Waals surface area contributed by atoms with Crippen LogP contribution in [0.5, 0.6) is 5.75 Å². The predicted octanol–water partition coefficient (Wildman–Crippen LogP) is 4.12. The number of phenolic OH excluding ortho intramolecular Hbond substituents is 1. The molecule has 7 heteroatoms. The molecule has 0 fully saturated rings. The number of sulfonamides is 1. The fraction of sp³-hybridized carbons (Fsp3) is 0.143. The van der Waals surface area contributed by atoms with Gasteiger partial charge in [-0.1, -0.05) is 29.3 Å². The van der Waals surface area contributed by atoms with Gasteiger partial charge in [0.1, 0.15) is 5.75 Å². The van der Waals surface area contributed by atoms with Gasteiger partial charge in [-0.3, -0.25) is 4.72 Å². The van der Waals surface area contributed by atoms with Crippen molar-refractivity contribution in [3.8, 4) is 5.75 Å². The minimum atomic E-state index is -3.89. The van der Waals surface area contributed by atoms with Gasteiger partial charge in [-0.2, -0.15) is 0 Å². The van der Waals surface area contributed by atoms with E-state index in [4.69, 9.17) is 23.2 Å². The Bertz CT molecular complexity index is 784. The number of phenols is 1. The highest BCUT2D eigenvalue weighted by Crippen LogP contribution is 2.31. The van der Waals surface area contributed by atoms with Gasteiger partial charge in [-0.25, -0.2) is 8.42 Å². The van der Waals surface area contributed by atoms with Crippen molar-refractivity contribution >= 4 is 38.9 Å². The number of anilines is 1. The summed E-state index contributed by atoms with van der Waals surface area (Å²) in [7, 11) is -3.89. The molecule has 2 aromatic rings. The van der Waals surface area contributed by atoms with Crippen molar-refractivity contribution in [1.82, 2.24) is 0 Å². The van der Waals surface area contributed by atoms with E-state index in [1.165, 1.54) is 18.2 Å². The molecule has 0 saturated carbocycles. The van der Waals surface area contributed by atoms with E-state index < -0.39 is 10.0 Å². The van der Waals surface area contributed by atoms with Crippen LogP contribution in [-0.4, -0.2) is 13.5 Å². The molecule has 0 heterocycles. The minimum Gasteiger partial charge on any atom is -0.505 e. The molecule has 0 bridgehead atoms. The molecule has 0 saturated heterocycles. The molecular formula is C14H13Cl2NO3S. The molecule has 0 aliphatic carbocycles. The van der Waals surface area contributed by atoms with Crippen LogP contribution < -0.4 is 4.72 Å². The van der Waals surface area contributed by atoms with Gasteiger partial charge in [-0.15, -0.1) is 0 Å². The molecule has 0 atom stereocenters. The quantitative estimate of drug-likeness (QED) is 0.822. The molecule has 2 N–H and O–H groups in total. The molecule has 112 valence electrons. The summed E-state index contributed by atoms with van der Waals surface area (Å²) in [4.78, 5) is -0.0708. The molecule has 2 aromatic carbocycles. The number of nitrogens with one attached hydrogen (secondary N) is 1. The van der Waals surface area contributed by atoms with Gasteiger partial charge in [0.2, 0.25) is 0 Å². The summed E-state index contributed by atoms with van der Waals surface area (Å²) in [6, 6.07) is 7.32. The molecule has 21 heavy (non-hydrogen) atoms. The van der Waals surface area contributed by atoms with E-state index in [2.05, 4.69) is 4.72 Å². The fourth-order valence-electron chi connectivity index (χ4n) is 1.93. The van der Waals surface area contributed by atoms with Gasteiger partial charge < -0.3 is 5.11 Å². The molecule has 0 aromatic heterocycles.